The standard InChI is InChI=1S/C17H25N5/c1-4-5-6-11-18-16-12-17(20-13-19-16)21-14-7-9-15(10-8-14)22(2)3/h7-10,12-13H,4-6,11H2,1-3H3,(H2,18,19,20,21). The maximum atomic E-state index is 4.26. The number of nitrogens with zero attached hydrogens (tertiary/aromatic N) is 3. The first-order valence-electron chi connectivity index (χ1n) is 7.79. The van der Waals surface area contributed by atoms with E-state index in [9.17, 15) is 0 Å². The zero-order valence-corrected chi connectivity index (χ0v) is 13.6. The summed E-state index contributed by atoms with van der Waals surface area (Å²) in [4.78, 5) is 10.6. The number of hydrogen-bond donors (Lipinski definition) is 2. The highest BCUT2D eigenvalue weighted by molar-refractivity contribution is 5.62. The number of unbranched alkanes of at least 4 members (excludes halogenated alkanes) is 2. The topological polar surface area (TPSA) is 53.1 Å². The zero-order valence-electron chi connectivity index (χ0n) is 13.6. The van der Waals surface area contributed by atoms with Crippen molar-refractivity contribution in [2.24, 2.45) is 0 Å². The molecule has 1 aromatic carbocycles. The Morgan fingerprint density at radius 2 is 1.73 bits per heavy atom. The predicted octanol–water partition coefficient (Wildman–Crippen LogP) is 3.89. The molecule has 5 nitrogen and oxygen atoms in total. The molecule has 0 aliphatic heterocycles. The van der Waals surface area contributed by atoms with Crippen molar-refractivity contribution in [2.45, 2.75) is 26.2 Å². The number of benzene rings is 1. The average Bonchev–Trinajstić information content (AvgIpc) is 2.52. The fraction of sp³-hybridized carbons (Fsp3) is 0.412. The first-order chi connectivity index (χ1) is 10.7. The third-order valence-electron chi connectivity index (χ3n) is 3.41. The zero-order chi connectivity index (χ0) is 15.8. The molecule has 2 N–H and O–H groups in total. The number of hydrogen-bond acceptors (Lipinski definition) is 5. The van der Waals surface area contributed by atoms with Crippen molar-refractivity contribution >= 4 is 23.0 Å². The molecule has 0 atom stereocenters. The van der Waals surface area contributed by atoms with E-state index in [1.165, 1.54) is 18.5 Å². The van der Waals surface area contributed by atoms with Crippen LogP contribution in [0.2, 0.25) is 0 Å². The third-order valence-corrected chi connectivity index (χ3v) is 3.41. The lowest BCUT2D eigenvalue weighted by Gasteiger charge is -2.13. The number of aromatic nitrogens is 2. The third kappa shape index (κ3) is 4.91. The van der Waals surface area contributed by atoms with E-state index in [0.29, 0.717) is 0 Å². The minimum Gasteiger partial charge on any atom is -0.378 e. The summed E-state index contributed by atoms with van der Waals surface area (Å²) in [5.41, 5.74) is 2.19. The van der Waals surface area contributed by atoms with E-state index in [1.807, 2.05) is 32.3 Å². The lowest BCUT2D eigenvalue weighted by molar-refractivity contribution is 0.742. The highest BCUT2D eigenvalue weighted by Gasteiger charge is 2.00. The molecule has 1 heterocycles. The summed E-state index contributed by atoms with van der Waals surface area (Å²) >= 11 is 0. The summed E-state index contributed by atoms with van der Waals surface area (Å²) in [7, 11) is 4.06. The van der Waals surface area contributed by atoms with E-state index >= 15 is 0 Å². The van der Waals surface area contributed by atoms with Crippen LogP contribution >= 0.6 is 0 Å². The van der Waals surface area contributed by atoms with Crippen molar-refractivity contribution in [3.63, 3.8) is 0 Å². The molecule has 0 aliphatic carbocycles. The number of nitrogens with one attached hydrogen (secondary N) is 2. The molecule has 1 aromatic heterocycles. The lowest BCUT2D eigenvalue weighted by atomic mass is 10.2. The van der Waals surface area contributed by atoms with E-state index in [1.54, 1.807) is 6.33 Å². The lowest BCUT2D eigenvalue weighted by Crippen LogP contribution is -2.08. The molecule has 5 heteroatoms. The maximum absolute atomic E-state index is 4.26. The molecule has 118 valence electrons. The SMILES string of the molecule is CCCCCNc1cc(Nc2ccc(N(C)C)cc2)ncn1. The Morgan fingerprint density at radius 3 is 2.41 bits per heavy atom. The largest absolute Gasteiger partial charge is 0.378 e. The molecule has 0 amide bonds. The van der Waals surface area contributed by atoms with Crippen LogP contribution in [0.25, 0.3) is 0 Å². The average molecular weight is 299 g/mol. The Labute approximate surface area is 132 Å². The minimum atomic E-state index is 0.797. The van der Waals surface area contributed by atoms with Crippen LogP contribution in [-0.4, -0.2) is 30.6 Å². The van der Waals surface area contributed by atoms with Crippen LogP contribution in [0.4, 0.5) is 23.0 Å². The molecule has 0 saturated carbocycles. The molecule has 0 unspecified atom stereocenters. The molecule has 0 fully saturated rings. The normalized spacial score (nSPS) is 10.3. The second kappa shape index (κ2) is 8.22. The number of anilines is 4. The van der Waals surface area contributed by atoms with Gasteiger partial charge in [0.05, 0.1) is 0 Å². The Kier molecular flexibility index (Phi) is 6.01. The summed E-state index contributed by atoms with van der Waals surface area (Å²) in [6, 6.07) is 10.2. The minimum absolute atomic E-state index is 0.797. The fourth-order valence-corrected chi connectivity index (χ4v) is 2.10. The molecule has 0 spiro atoms. The van der Waals surface area contributed by atoms with Gasteiger partial charge in [-0.15, -0.1) is 0 Å². The molecular formula is C17H25N5. The van der Waals surface area contributed by atoms with Gasteiger partial charge >= 0.3 is 0 Å². The van der Waals surface area contributed by atoms with E-state index in [2.05, 4.69) is 44.6 Å². The molecule has 0 bridgehead atoms. The molecule has 0 radical (unpaired) electrons. The Balaban J connectivity index is 1.94. The summed E-state index contributed by atoms with van der Waals surface area (Å²) in [5.74, 6) is 1.66. The molecule has 0 saturated heterocycles. The molecule has 2 aromatic rings. The van der Waals surface area contributed by atoms with Crippen LogP contribution in [0.5, 0.6) is 0 Å². The van der Waals surface area contributed by atoms with Crippen LogP contribution in [-0.2, 0) is 0 Å². The summed E-state index contributed by atoms with van der Waals surface area (Å²) in [5, 5.41) is 6.63. The summed E-state index contributed by atoms with van der Waals surface area (Å²) < 4.78 is 0. The Bertz CT molecular complexity index is 566. The highest BCUT2D eigenvalue weighted by Crippen LogP contribution is 2.19. The van der Waals surface area contributed by atoms with Gasteiger partial charge in [0.15, 0.2) is 0 Å². The Hall–Kier alpha value is -2.30. The molecular weight excluding hydrogens is 274 g/mol. The monoisotopic (exact) mass is 299 g/mol. The van der Waals surface area contributed by atoms with Crippen LogP contribution in [0.3, 0.4) is 0 Å². The summed E-state index contributed by atoms with van der Waals surface area (Å²) in [6.45, 7) is 3.15. The van der Waals surface area contributed by atoms with Gasteiger partial charge in [0.25, 0.3) is 0 Å². The molecule has 0 aliphatic rings. The van der Waals surface area contributed by atoms with Gasteiger partial charge in [-0.05, 0) is 30.7 Å². The van der Waals surface area contributed by atoms with Crippen molar-refractivity contribution in [2.75, 3.05) is 36.2 Å². The quantitative estimate of drug-likeness (QED) is 0.724. The van der Waals surface area contributed by atoms with E-state index in [4.69, 9.17) is 0 Å². The van der Waals surface area contributed by atoms with E-state index in [-0.39, 0.29) is 0 Å². The van der Waals surface area contributed by atoms with Gasteiger partial charge in [-0.25, -0.2) is 9.97 Å². The smallest absolute Gasteiger partial charge is 0.135 e. The molecule has 2 rings (SSSR count). The van der Waals surface area contributed by atoms with Crippen molar-refractivity contribution in [1.82, 2.24) is 9.97 Å². The van der Waals surface area contributed by atoms with Gasteiger partial charge in [-0.3, -0.25) is 0 Å². The van der Waals surface area contributed by atoms with Gasteiger partial charge in [-0.2, -0.15) is 0 Å². The first kappa shape index (κ1) is 16.1. The van der Waals surface area contributed by atoms with E-state index in [0.717, 1.165) is 30.3 Å². The van der Waals surface area contributed by atoms with Gasteiger partial charge in [-0.1, -0.05) is 19.8 Å². The fourth-order valence-electron chi connectivity index (χ4n) is 2.10. The Morgan fingerprint density at radius 1 is 1.00 bits per heavy atom. The van der Waals surface area contributed by atoms with E-state index < -0.39 is 0 Å². The van der Waals surface area contributed by atoms with Gasteiger partial charge in [0, 0.05) is 38.1 Å². The highest BCUT2D eigenvalue weighted by atomic mass is 15.1. The second-order valence-electron chi connectivity index (χ2n) is 5.49. The van der Waals surface area contributed by atoms with Crippen molar-refractivity contribution in [1.29, 1.82) is 0 Å². The van der Waals surface area contributed by atoms with Crippen LogP contribution in [0, 0.1) is 0 Å². The summed E-state index contributed by atoms with van der Waals surface area (Å²) in [6.07, 6.45) is 5.20. The van der Waals surface area contributed by atoms with Crippen molar-refractivity contribution < 1.29 is 0 Å². The van der Waals surface area contributed by atoms with Crippen molar-refractivity contribution in [3.8, 4) is 0 Å². The van der Waals surface area contributed by atoms with Gasteiger partial charge in [0.1, 0.15) is 18.0 Å². The van der Waals surface area contributed by atoms with Crippen LogP contribution < -0.4 is 15.5 Å². The van der Waals surface area contributed by atoms with Gasteiger partial charge < -0.3 is 15.5 Å². The van der Waals surface area contributed by atoms with Crippen LogP contribution in [0.15, 0.2) is 36.7 Å². The maximum Gasteiger partial charge on any atom is 0.135 e. The molecule has 22 heavy (non-hydrogen) atoms. The van der Waals surface area contributed by atoms with Crippen molar-refractivity contribution in [3.05, 3.63) is 36.7 Å². The number of rotatable bonds is 8. The second-order valence-corrected chi connectivity index (χ2v) is 5.49. The first-order valence-corrected chi connectivity index (χ1v) is 7.79. The predicted molar refractivity (Wildman–Crippen MR) is 94.1 cm³/mol. The van der Waals surface area contributed by atoms with Gasteiger partial charge in [0.2, 0.25) is 0 Å². The van der Waals surface area contributed by atoms with Crippen LogP contribution in [0.1, 0.15) is 26.2 Å².